The van der Waals surface area contributed by atoms with E-state index in [1.807, 2.05) is 18.8 Å². The molecule has 0 aliphatic carbocycles. The average Bonchev–Trinajstić information content (AvgIpc) is 2.85. The van der Waals surface area contributed by atoms with Crippen molar-refractivity contribution in [3.05, 3.63) is 11.9 Å². The van der Waals surface area contributed by atoms with Crippen molar-refractivity contribution in [3.63, 3.8) is 0 Å². The van der Waals surface area contributed by atoms with Crippen LogP contribution in [0.1, 0.15) is 25.1 Å². The number of nitrogens with zero attached hydrogens (tertiary/aromatic N) is 3. The van der Waals surface area contributed by atoms with Gasteiger partial charge >= 0.3 is 0 Å². The van der Waals surface area contributed by atoms with Gasteiger partial charge < -0.3 is 14.4 Å². The number of aromatic nitrogens is 2. The van der Waals surface area contributed by atoms with E-state index < -0.39 is 0 Å². The van der Waals surface area contributed by atoms with Crippen LogP contribution >= 0.6 is 0 Å². The molecule has 0 aromatic carbocycles. The van der Waals surface area contributed by atoms with Gasteiger partial charge in [0.15, 0.2) is 5.75 Å². The molecular formula is C14H29N5O2. The Morgan fingerprint density at radius 2 is 2.14 bits per heavy atom. The lowest BCUT2D eigenvalue weighted by atomic mass is 10.00. The zero-order valence-electron chi connectivity index (χ0n) is 13.8. The number of nitrogens with one attached hydrogen (secondary N) is 1. The molecule has 0 aliphatic heterocycles. The van der Waals surface area contributed by atoms with Crippen molar-refractivity contribution >= 4 is 0 Å². The van der Waals surface area contributed by atoms with Crippen LogP contribution in [0, 0.1) is 5.92 Å². The van der Waals surface area contributed by atoms with Crippen LogP contribution in [0.3, 0.4) is 0 Å². The van der Waals surface area contributed by atoms with Crippen molar-refractivity contribution in [1.29, 1.82) is 0 Å². The smallest absolute Gasteiger partial charge is 0.161 e. The molecule has 7 heteroatoms. The molecule has 1 aromatic heterocycles. The molecule has 3 N–H and O–H groups in total. The Morgan fingerprint density at radius 1 is 1.43 bits per heavy atom. The van der Waals surface area contributed by atoms with Crippen molar-refractivity contribution in [3.8, 4) is 5.75 Å². The number of ether oxygens (including phenoxy) is 2. The van der Waals surface area contributed by atoms with Crippen LogP contribution in [0.15, 0.2) is 6.20 Å². The molecule has 2 atom stereocenters. The Bertz CT molecular complexity index is 408. The second-order valence-electron chi connectivity index (χ2n) is 5.64. The van der Waals surface area contributed by atoms with Gasteiger partial charge in [0.2, 0.25) is 0 Å². The summed E-state index contributed by atoms with van der Waals surface area (Å²) in [6.07, 6.45) is 2.60. The maximum absolute atomic E-state index is 5.76. The lowest BCUT2D eigenvalue weighted by molar-refractivity contribution is 0.148. The number of nitrogens with two attached hydrogens (primary N) is 1. The Labute approximate surface area is 127 Å². The molecule has 1 aromatic rings. The van der Waals surface area contributed by atoms with Gasteiger partial charge in [-0.1, -0.05) is 6.92 Å². The van der Waals surface area contributed by atoms with Gasteiger partial charge in [-0.25, -0.2) is 0 Å². The van der Waals surface area contributed by atoms with Crippen LogP contribution in [0.4, 0.5) is 0 Å². The zero-order chi connectivity index (χ0) is 15.8. The summed E-state index contributed by atoms with van der Waals surface area (Å²) < 4.78 is 12.6. The highest BCUT2D eigenvalue weighted by Gasteiger charge is 2.23. The Balaban J connectivity index is 2.91. The fraction of sp³-hybridized carbons (Fsp3) is 0.786. The molecule has 0 saturated heterocycles. The molecule has 7 nitrogen and oxygen atoms in total. The van der Waals surface area contributed by atoms with Crippen LogP contribution in [0.25, 0.3) is 0 Å². The average molecular weight is 299 g/mol. The first kappa shape index (κ1) is 17.9. The van der Waals surface area contributed by atoms with Gasteiger partial charge in [-0.2, -0.15) is 5.10 Å². The first-order chi connectivity index (χ1) is 10.0. The zero-order valence-corrected chi connectivity index (χ0v) is 13.8. The predicted octanol–water partition coefficient (Wildman–Crippen LogP) is 0.630. The standard InChI is InChI=1S/C14H29N5O2/c1-11(10-20-4)8-12(17-15)14-13(21-5)9-16-19(14)7-6-18(2)3/h9,11-12,17H,6-8,10,15H2,1-5H3. The number of methoxy groups -OCH3 is 2. The van der Waals surface area contributed by atoms with E-state index in [1.165, 1.54) is 0 Å². The summed E-state index contributed by atoms with van der Waals surface area (Å²) in [6, 6.07) is -0.0187. The van der Waals surface area contributed by atoms with Crippen molar-refractivity contribution in [2.75, 3.05) is 41.5 Å². The summed E-state index contributed by atoms with van der Waals surface area (Å²) in [5.41, 5.74) is 3.88. The van der Waals surface area contributed by atoms with E-state index in [4.69, 9.17) is 15.3 Å². The minimum atomic E-state index is -0.0187. The van der Waals surface area contributed by atoms with E-state index in [0.717, 1.165) is 31.0 Å². The highest BCUT2D eigenvalue weighted by molar-refractivity contribution is 5.28. The molecule has 0 spiro atoms. The minimum absolute atomic E-state index is 0.0187. The predicted molar refractivity (Wildman–Crippen MR) is 83.1 cm³/mol. The Morgan fingerprint density at radius 3 is 2.67 bits per heavy atom. The fourth-order valence-corrected chi connectivity index (χ4v) is 2.37. The lowest BCUT2D eigenvalue weighted by Gasteiger charge is -2.22. The highest BCUT2D eigenvalue weighted by Crippen LogP contribution is 2.29. The van der Waals surface area contributed by atoms with Crippen molar-refractivity contribution in [1.82, 2.24) is 20.1 Å². The number of hydrogen-bond acceptors (Lipinski definition) is 6. The number of likely N-dealkylation sites (N-methyl/N-ethyl adjacent to an activating group) is 1. The molecule has 1 rings (SSSR count). The maximum Gasteiger partial charge on any atom is 0.161 e. The van der Waals surface area contributed by atoms with Gasteiger partial charge in [0.05, 0.1) is 31.6 Å². The molecule has 0 saturated carbocycles. The van der Waals surface area contributed by atoms with Gasteiger partial charge in [0, 0.05) is 20.3 Å². The fourth-order valence-electron chi connectivity index (χ4n) is 2.37. The van der Waals surface area contributed by atoms with Gasteiger partial charge in [-0.05, 0) is 26.4 Å². The van der Waals surface area contributed by atoms with Gasteiger partial charge in [0.25, 0.3) is 0 Å². The van der Waals surface area contributed by atoms with E-state index in [2.05, 4.69) is 22.3 Å². The molecular weight excluding hydrogens is 270 g/mol. The van der Waals surface area contributed by atoms with E-state index in [9.17, 15) is 0 Å². The van der Waals surface area contributed by atoms with E-state index in [0.29, 0.717) is 12.5 Å². The molecule has 1 heterocycles. The molecule has 2 unspecified atom stereocenters. The molecule has 0 radical (unpaired) electrons. The third-order valence-electron chi connectivity index (χ3n) is 3.44. The first-order valence-electron chi connectivity index (χ1n) is 7.22. The first-order valence-corrected chi connectivity index (χ1v) is 7.22. The summed E-state index contributed by atoms with van der Waals surface area (Å²) in [5.74, 6) is 6.91. The molecule has 21 heavy (non-hydrogen) atoms. The summed E-state index contributed by atoms with van der Waals surface area (Å²) >= 11 is 0. The van der Waals surface area contributed by atoms with Crippen molar-refractivity contribution < 1.29 is 9.47 Å². The summed E-state index contributed by atoms with van der Waals surface area (Å²) in [5, 5.41) is 4.42. The number of hydrazine groups is 1. The Hall–Kier alpha value is -1.15. The van der Waals surface area contributed by atoms with Crippen LogP contribution < -0.4 is 16.0 Å². The minimum Gasteiger partial charge on any atom is -0.493 e. The molecule has 0 amide bonds. The summed E-state index contributed by atoms with van der Waals surface area (Å²) in [7, 11) is 7.45. The summed E-state index contributed by atoms with van der Waals surface area (Å²) in [6.45, 7) is 4.54. The topological polar surface area (TPSA) is 77.6 Å². The molecule has 122 valence electrons. The highest BCUT2D eigenvalue weighted by atomic mass is 16.5. The SMILES string of the molecule is COCC(C)CC(NN)c1c(OC)cnn1CCN(C)C. The van der Waals surface area contributed by atoms with E-state index >= 15 is 0 Å². The number of hydrogen-bond donors (Lipinski definition) is 2. The molecule has 0 bridgehead atoms. The quantitative estimate of drug-likeness (QED) is 0.487. The molecule has 0 aliphatic rings. The maximum atomic E-state index is 5.76. The van der Waals surface area contributed by atoms with Gasteiger partial charge in [-0.15, -0.1) is 0 Å². The Kier molecular flexibility index (Phi) is 7.66. The van der Waals surface area contributed by atoms with E-state index in [-0.39, 0.29) is 6.04 Å². The molecule has 0 fully saturated rings. The monoisotopic (exact) mass is 299 g/mol. The van der Waals surface area contributed by atoms with Crippen LogP contribution in [-0.2, 0) is 11.3 Å². The van der Waals surface area contributed by atoms with E-state index in [1.54, 1.807) is 20.4 Å². The van der Waals surface area contributed by atoms with Gasteiger partial charge in [-0.3, -0.25) is 16.0 Å². The van der Waals surface area contributed by atoms with Crippen LogP contribution in [0.5, 0.6) is 5.75 Å². The van der Waals surface area contributed by atoms with Crippen molar-refractivity contribution in [2.24, 2.45) is 11.8 Å². The largest absolute Gasteiger partial charge is 0.493 e. The van der Waals surface area contributed by atoms with Crippen molar-refractivity contribution in [2.45, 2.75) is 25.9 Å². The lowest BCUT2D eigenvalue weighted by Crippen LogP contribution is -2.33. The third-order valence-corrected chi connectivity index (χ3v) is 3.44. The second kappa shape index (κ2) is 8.99. The van der Waals surface area contributed by atoms with Gasteiger partial charge in [0.1, 0.15) is 0 Å². The third kappa shape index (κ3) is 5.28. The summed E-state index contributed by atoms with van der Waals surface area (Å²) in [4.78, 5) is 2.12. The van der Waals surface area contributed by atoms with Crippen LogP contribution in [-0.4, -0.2) is 56.1 Å². The van der Waals surface area contributed by atoms with Crippen LogP contribution in [0.2, 0.25) is 0 Å². The second-order valence-corrected chi connectivity index (χ2v) is 5.64. The number of rotatable bonds is 10. The normalized spacial score (nSPS) is 14.4.